The van der Waals surface area contributed by atoms with E-state index in [-0.39, 0.29) is 6.04 Å². The Labute approximate surface area is 120 Å². The van der Waals surface area contributed by atoms with Crippen molar-refractivity contribution in [2.75, 3.05) is 44.7 Å². The fourth-order valence-electron chi connectivity index (χ4n) is 3.20. The summed E-state index contributed by atoms with van der Waals surface area (Å²) < 4.78 is 0. The molecule has 5 heteroatoms. The minimum absolute atomic E-state index is 0.204. The number of carbonyl (C=O) groups is 1. The lowest BCUT2D eigenvalue weighted by Crippen LogP contribution is -2.45. The average Bonchev–Trinajstić information content (AvgIpc) is 2.96. The molecule has 1 unspecified atom stereocenters. The van der Waals surface area contributed by atoms with Crippen molar-refractivity contribution < 1.29 is 4.79 Å². The molecule has 0 aliphatic carbocycles. The molecule has 1 aromatic rings. The van der Waals surface area contributed by atoms with Crippen molar-refractivity contribution in [1.29, 1.82) is 0 Å². The summed E-state index contributed by atoms with van der Waals surface area (Å²) in [5, 5.41) is 0. The van der Waals surface area contributed by atoms with Gasteiger partial charge in [0, 0.05) is 44.5 Å². The second kappa shape index (κ2) is 5.79. The molecule has 2 saturated heterocycles. The van der Waals surface area contributed by atoms with Gasteiger partial charge in [0.1, 0.15) is 5.82 Å². The molecule has 0 radical (unpaired) electrons. The van der Waals surface area contributed by atoms with E-state index in [9.17, 15) is 4.79 Å². The van der Waals surface area contributed by atoms with Crippen molar-refractivity contribution in [2.45, 2.75) is 18.9 Å². The highest BCUT2D eigenvalue weighted by Gasteiger charge is 2.29. The van der Waals surface area contributed by atoms with E-state index in [1.54, 1.807) is 0 Å². The van der Waals surface area contributed by atoms with Gasteiger partial charge in [0.05, 0.1) is 6.04 Å². The van der Waals surface area contributed by atoms with Crippen LogP contribution in [0.1, 0.15) is 24.4 Å². The molecule has 20 heavy (non-hydrogen) atoms. The zero-order valence-corrected chi connectivity index (χ0v) is 12.0. The van der Waals surface area contributed by atoms with Crippen LogP contribution in [0.2, 0.25) is 0 Å². The fourth-order valence-corrected chi connectivity index (χ4v) is 3.20. The number of hydrogen-bond acceptors (Lipinski definition) is 4. The number of aromatic nitrogens is 1. The summed E-state index contributed by atoms with van der Waals surface area (Å²) in [6.45, 7) is 5.02. The lowest BCUT2D eigenvalue weighted by molar-refractivity contribution is -0.118. The maximum Gasteiger partial charge on any atom is 0.210 e. The van der Waals surface area contributed by atoms with Gasteiger partial charge >= 0.3 is 0 Å². The zero-order chi connectivity index (χ0) is 13.9. The molecule has 2 aliphatic heterocycles. The van der Waals surface area contributed by atoms with Gasteiger partial charge in [-0.3, -0.25) is 4.79 Å². The Balaban J connectivity index is 1.86. The molecule has 0 spiro atoms. The van der Waals surface area contributed by atoms with Gasteiger partial charge in [0.25, 0.3) is 0 Å². The number of likely N-dealkylation sites (tertiary alicyclic amines) is 1. The highest BCUT2D eigenvalue weighted by atomic mass is 16.1. The van der Waals surface area contributed by atoms with Gasteiger partial charge in [-0.25, -0.2) is 4.98 Å². The van der Waals surface area contributed by atoms with Crippen LogP contribution in [0.5, 0.6) is 0 Å². The second-order valence-corrected chi connectivity index (χ2v) is 5.71. The van der Waals surface area contributed by atoms with Crippen molar-refractivity contribution >= 4 is 12.2 Å². The van der Waals surface area contributed by atoms with E-state index in [0.717, 1.165) is 57.8 Å². The molecule has 1 aromatic heterocycles. The highest BCUT2D eigenvalue weighted by Crippen LogP contribution is 2.35. The Morgan fingerprint density at radius 3 is 2.80 bits per heavy atom. The Bertz CT molecular complexity index is 471. The minimum Gasteiger partial charge on any atom is -0.354 e. The van der Waals surface area contributed by atoms with Crippen LogP contribution in [0.3, 0.4) is 0 Å². The van der Waals surface area contributed by atoms with Crippen molar-refractivity contribution in [2.24, 2.45) is 0 Å². The molecule has 5 nitrogen and oxygen atoms in total. The van der Waals surface area contributed by atoms with Crippen molar-refractivity contribution in [3.63, 3.8) is 0 Å². The Morgan fingerprint density at radius 2 is 2.05 bits per heavy atom. The van der Waals surface area contributed by atoms with E-state index >= 15 is 0 Å². The monoisotopic (exact) mass is 274 g/mol. The van der Waals surface area contributed by atoms with E-state index < -0.39 is 0 Å². The predicted molar refractivity (Wildman–Crippen MR) is 78.7 cm³/mol. The molecule has 0 bridgehead atoms. The molecule has 108 valence electrons. The van der Waals surface area contributed by atoms with Crippen LogP contribution >= 0.6 is 0 Å². The topological polar surface area (TPSA) is 39.7 Å². The summed E-state index contributed by atoms with van der Waals surface area (Å²) in [5.74, 6) is 1.07. The summed E-state index contributed by atoms with van der Waals surface area (Å²) in [4.78, 5) is 22.4. The molecule has 2 aliphatic rings. The van der Waals surface area contributed by atoms with Gasteiger partial charge < -0.3 is 14.7 Å². The molecule has 1 amide bonds. The Kier molecular flexibility index (Phi) is 3.87. The first-order valence-electron chi connectivity index (χ1n) is 7.39. The van der Waals surface area contributed by atoms with Gasteiger partial charge in [-0.2, -0.15) is 0 Å². The second-order valence-electron chi connectivity index (χ2n) is 5.71. The largest absolute Gasteiger partial charge is 0.354 e. The smallest absolute Gasteiger partial charge is 0.210 e. The predicted octanol–water partition coefficient (Wildman–Crippen LogP) is 1.13. The first-order valence-corrected chi connectivity index (χ1v) is 7.39. The summed E-state index contributed by atoms with van der Waals surface area (Å²) in [6, 6.07) is 4.32. The van der Waals surface area contributed by atoms with Gasteiger partial charge in [-0.15, -0.1) is 0 Å². The number of likely N-dealkylation sites (N-methyl/N-ethyl adjacent to an activating group) is 1. The maximum absolute atomic E-state index is 11.2. The summed E-state index contributed by atoms with van der Waals surface area (Å²) in [7, 11) is 2.15. The molecule has 3 rings (SSSR count). The van der Waals surface area contributed by atoms with E-state index in [2.05, 4.69) is 27.9 Å². The normalized spacial score (nSPS) is 24.1. The molecular weight excluding hydrogens is 252 g/mol. The first kappa shape index (κ1) is 13.4. The minimum atomic E-state index is 0.204. The third-order valence-electron chi connectivity index (χ3n) is 4.41. The van der Waals surface area contributed by atoms with Crippen molar-refractivity contribution in [1.82, 2.24) is 14.8 Å². The molecule has 0 aromatic carbocycles. The number of nitrogens with zero attached hydrogens (tertiary/aromatic N) is 4. The van der Waals surface area contributed by atoms with Crippen LogP contribution in [0.15, 0.2) is 18.3 Å². The van der Waals surface area contributed by atoms with Crippen LogP contribution in [0.4, 0.5) is 5.82 Å². The lowest BCUT2D eigenvalue weighted by Gasteiger charge is -2.35. The van der Waals surface area contributed by atoms with Crippen molar-refractivity contribution in [3.05, 3.63) is 23.9 Å². The van der Waals surface area contributed by atoms with Gasteiger partial charge in [0.2, 0.25) is 6.41 Å². The van der Waals surface area contributed by atoms with Crippen LogP contribution in [-0.2, 0) is 4.79 Å². The number of anilines is 1. The number of pyridine rings is 1. The lowest BCUT2D eigenvalue weighted by atomic mass is 10.0. The van der Waals surface area contributed by atoms with Crippen LogP contribution < -0.4 is 4.90 Å². The molecule has 0 N–H and O–H groups in total. The van der Waals surface area contributed by atoms with Gasteiger partial charge in [-0.1, -0.05) is 6.07 Å². The SMILES string of the molecule is CN1CCN(c2ncccc2C2CCCN2C=O)CC1. The molecule has 2 fully saturated rings. The first-order chi connectivity index (χ1) is 9.79. The summed E-state index contributed by atoms with van der Waals surface area (Å²) >= 11 is 0. The van der Waals surface area contributed by atoms with E-state index in [0.29, 0.717) is 0 Å². The van der Waals surface area contributed by atoms with Crippen LogP contribution in [-0.4, -0.2) is 61.0 Å². The zero-order valence-electron chi connectivity index (χ0n) is 12.0. The molecule has 3 heterocycles. The number of amides is 1. The summed E-state index contributed by atoms with van der Waals surface area (Å²) in [5.41, 5.74) is 1.21. The maximum atomic E-state index is 11.2. The van der Waals surface area contributed by atoms with Crippen LogP contribution in [0.25, 0.3) is 0 Å². The quantitative estimate of drug-likeness (QED) is 0.775. The van der Waals surface area contributed by atoms with Crippen LogP contribution in [0, 0.1) is 0 Å². The third kappa shape index (κ3) is 2.50. The molecular formula is C15H22N4O. The Morgan fingerprint density at radius 1 is 1.25 bits per heavy atom. The van der Waals surface area contributed by atoms with E-state index in [4.69, 9.17) is 0 Å². The molecule has 0 saturated carbocycles. The standard InChI is InChI=1S/C15H22N4O/c1-17-8-10-18(11-9-17)15-13(4-2-6-16-15)14-5-3-7-19(14)12-20/h2,4,6,12,14H,3,5,7-11H2,1H3. The van der Waals surface area contributed by atoms with E-state index in [1.165, 1.54) is 5.56 Å². The highest BCUT2D eigenvalue weighted by molar-refractivity contribution is 5.54. The summed E-state index contributed by atoms with van der Waals surface area (Å²) in [6.07, 6.45) is 4.97. The fraction of sp³-hybridized carbons (Fsp3) is 0.600. The van der Waals surface area contributed by atoms with E-state index in [1.807, 2.05) is 17.2 Å². The number of hydrogen-bond donors (Lipinski definition) is 0. The van der Waals surface area contributed by atoms with Crippen molar-refractivity contribution in [3.8, 4) is 0 Å². The number of rotatable bonds is 3. The molecule has 1 atom stereocenters. The third-order valence-corrected chi connectivity index (χ3v) is 4.41. The van der Waals surface area contributed by atoms with Gasteiger partial charge in [-0.05, 0) is 26.0 Å². The number of piperazine rings is 1. The van der Waals surface area contributed by atoms with Gasteiger partial charge in [0.15, 0.2) is 0 Å². The average molecular weight is 274 g/mol. The number of carbonyl (C=O) groups excluding carboxylic acids is 1. The Hall–Kier alpha value is -1.62.